The number of halogens is 4. The van der Waals surface area contributed by atoms with Crippen LogP contribution in [0, 0.1) is 11.3 Å². The number of sulfonamides is 1. The molecule has 1 atom stereocenters. The predicted octanol–water partition coefficient (Wildman–Crippen LogP) is 4.91. The zero-order chi connectivity index (χ0) is 33.5. The van der Waals surface area contributed by atoms with Crippen molar-refractivity contribution in [3.8, 4) is 11.7 Å². The molecule has 4 heterocycles. The number of alkyl halides is 3. The topological polar surface area (TPSA) is 162 Å². The van der Waals surface area contributed by atoms with E-state index in [0.717, 1.165) is 19.0 Å². The molecule has 0 bridgehead atoms. The lowest BCUT2D eigenvalue weighted by Gasteiger charge is -2.28. The first kappa shape index (κ1) is 33.5. The number of nitrogens with one attached hydrogen (secondary N) is 1. The van der Waals surface area contributed by atoms with Crippen molar-refractivity contribution in [2.24, 2.45) is 11.3 Å². The molecule has 5 rings (SSSR count). The number of hydrogen-bond acceptors (Lipinski definition) is 8. The van der Waals surface area contributed by atoms with Gasteiger partial charge in [0.2, 0.25) is 5.88 Å². The average molecular weight is 688 g/mol. The largest absolute Gasteiger partial charge is 0.477 e. The first-order valence-corrected chi connectivity index (χ1v) is 16.4. The summed E-state index contributed by atoms with van der Waals surface area (Å²) in [6.45, 7) is 4.46. The van der Waals surface area contributed by atoms with Gasteiger partial charge in [-0.1, -0.05) is 11.6 Å². The van der Waals surface area contributed by atoms with E-state index in [-0.39, 0.29) is 59.1 Å². The number of hydrogen-bond donors (Lipinski definition) is 2. The van der Waals surface area contributed by atoms with Gasteiger partial charge in [-0.05, 0) is 70.4 Å². The summed E-state index contributed by atoms with van der Waals surface area (Å²) in [6, 6.07) is 4.07. The number of nitrogens with zero attached hydrogens (tertiary/aromatic N) is 6. The molecule has 2 aliphatic rings. The smallest absolute Gasteiger partial charge is 0.407 e. The molecule has 2 N–H and O–H groups in total. The lowest BCUT2D eigenvalue weighted by atomic mass is 9.93. The average Bonchev–Trinajstić information content (AvgIpc) is 3.26. The molecule has 1 aliphatic carbocycles. The maximum atomic E-state index is 13.1. The first-order chi connectivity index (χ1) is 21.5. The number of aryl methyl sites for hydroxylation is 1. The molecule has 250 valence electrons. The molecular formula is C28H33ClF3N7O6S. The fourth-order valence-corrected chi connectivity index (χ4v) is 6.86. The number of carbonyl (C=O) groups excluding carboxylic acids is 1. The van der Waals surface area contributed by atoms with Gasteiger partial charge in [-0.15, -0.1) is 5.10 Å². The lowest BCUT2D eigenvalue weighted by Crippen LogP contribution is -2.41. The highest BCUT2D eigenvalue weighted by Crippen LogP contribution is 2.59. The molecule has 1 saturated heterocycles. The third kappa shape index (κ3) is 7.24. The number of likely N-dealkylation sites (tertiary alicyclic amines) is 1. The van der Waals surface area contributed by atoms with Gasteiger partial charge in [0.15, 0.2) is 5.82 Å². The fraction of sp³-hybridized carbons (Fsp3) is 0.536. The van der Waals surface area contributed by atoms with Gasteiger partial charge in [0.25, 0.3) is 15.9 Å². The zero-order valence-electron chi connectivity index (χ0n) is 25.0. The molecule has 1 saturated carbocycles. The maximum Gasteiger partial charge on any atom is 0.407 e. The third-order valence-electron chi connectivity index (χ3n) is 8.50. The predicted molar refractivity (Wildman–Crippen MR) is 157 cm³/mol. The third-order valence-corrected chi connectivity index (χ3v) is 10.1. The number of carbonyl (C=O) groups is 2. The number of rotatable bonds is 12. The van der Waals surface area contributed by atoms with E-state index >= 15 is 0 Å². The van der Waals surface area contributed by atoms with E-state index in [1.807, 2.05) is 18.6 Å². The normalized spacial score (nSPS) is 18.8. The molecule has 3 aromatic rings. The second-order valence-electron chi connectivity index (χ2n) is 12.3. The van der Waals surface area contributed by atoms with Crippen LogP contribution >= 0.6 is 11.6 Å². The summed E-state index contributed by atoms with van der Waals surface area (Å²) in [5, 5.41) is 17.3. The van der Waals surface area contributed by atoms with E-state index in [1.54, 1.807) is 0 Å². The van der Waals surface area contributed by atoms with E-state index < -0.39 is 39.2 Å². The maximum absolute atomic E-state index is 13.1. The Bertz CT molecular complexity index is 1720. The fourth-order valence-electron chi connectivity index (χ4n) is 5.71. The van der Waals surface area contributed by atoms with Crippen LogP contribution < -0.4 is 9.46 Å². The highest BCUT2D eigenvalue weighted by atomic mass is 35.5. The zero-order valence-corrected chi connectivity index (χ0v) is 26.6. The number of ether oxygens (including phenoxy) is 1. The Morgan fingerprint density at radius 1 is 1.22 bits per heavy atom. The number of carboxylic acid groups (broad SMARTS) is 1. The van der Waals surface area contributed by atoms with Gasteiger partial charge in [-0.25, -0.2) is 27.6 Å². The summed E-state index contributed by atoms with van der Waals surface area (Å²) in [7, 11) is -4.31. The Labute approximate surface area is 267 Å². The Hall–Kier alpha value is -3.86. The van der Waals surface area contributed by atoms with Gasteiger partial charge >= 0.3 is 12.3 Å². The molecule has 1 unspecified atom stereocenters. The van der Waals surface area contributed by atoms with Crippen LogP contribution in [0.2, 0.25) is 5.15 Å². The highest BCUT2D eigenvalue weighted by Gasteiger charge is 2.62. The van der Waals surface area contributed by atoms with Crippen molar-refractivity contribution in [3.63, 3.8) is 0 Å². The second-order valence-corrected chi connectivity index (χ2v) is 14.3. The minimum Gasteiger partial charge on any atom is -0.477 e. The van der Waals surface area contributed by atoms with Crippen LogP contribution in [0.15, 0.2) is 41.7 Å². The molecule has 46 heavy (non-hydrogen) atoms. The minimum absolute atomic E-state index is 0.0803. The van der Waals surface area contributed by atoms with Gasteiger partial charge in [0.05, 0.1) is 23.8 Å². The van der Waals surface area contributed by atoms with Gasteiger partial charge in [0.1, 0.15) is 10.0 Å². The van der Waals surface area contributed by atoms with Crippen molar-refractivity contribution in [1.82, 2.24) is 34.2 Å². The quantitative estimate of drug-likeness (QED) is 0.252. The van der Waals surface area contributed by atoms with Crippen molar-refractivity contribution in [2.45, 2.75) is 75.5 Å². The highest BCUT2D eigenvalue weighted by molar-refractivity contribution is 7.90. The molecule has 1 aliphatic heterocycles. The van der Waals surface area contributed by atoms with Crippen molar-refractivity contribution >= 4 is 33.6 Å². The van der Waals surface area contributed by atoms with Gasteiger partial charge in [-0.3, -0.25) is 9.48 Å². The van der Waals surface area contributed by atoms with E-state index in [0.29, 0.717) is 19.5 Å². The SMILES string of the molecule is CC1(C)CC(CCCn2cc(S(=O)(=O)NC(=O)c3ccc(-n4ccc(OCCC5(C(F)(F)F)CC5)n4)nc3Cl)cn2)CN1C(=O)O. The van der Waals surface area contributed by atoms with Crippen LogP contribution in [0.3, 0.4) is 0 Å². The molecule has 3 aromatic heterocycles. The van der Waals surface area contributed by atoms with E-state index in [1.165, 1.54) is 44.9 Å². The van der Waals surface area contributed by atoms with Crippen molar-refractivity contribution in [1.29, 1.82) is 0 Å². The van der Waals surface area contributed by atoms with Crippen LogP contribution in [0.25, 0.3) is 5.82 Å². The number of amides is 2. The Balaban J connectivity index is 1.13. The van der Waals surface area contributed by atoms with Crippen LogP contribution in [-0.4, -0.2) is 79.8 Å². The summed E-state index contributed by atoms with van der Waals surface area (Å²) < 4.78 is 75.1. The molecule has 0 spiro atoms. The molecule has 2 amide bonds. The van der Waals surface area contributed by atoms with Gasteiger partial charge in [0, 0.05) is 37.1 Å². The summed E-state index contributed by atoms with van der Waals surface area (Å²) in [6.07, 6.45) is 0.763. The van der Waals surface area contributed by atoms with Crippen molar-refractivity contribution in [3.05, 3.63) is 47.5 Å². The summed E-state index contributed by atoms with van der Waals surface area (Å²) in [5.41, 5.74) is -2.35. The van der Waals surface area contributed by atoms with E-state index in [4.69, 9.17) is 16.3 Å². The Morgan fingerprint density at radius 2 is 1.96 bits per heavy atom. The summed E-state index contributed by atoms with van der Waals surface area (Å²) in [4.78, 5) is 29.6. The minimum atomic E-state index is -4.31. The van der Waals surface area contributed by atoms with Crippen LogP contribution in [0.4, 0.5) is 18.0 Å². The van der Waals surface area contributed by atoms with Crippen LogP contribution in [0.1, 0.15) is 62.7 Å². The second kappa shape index (κ2) is 12.4. The molecule has 2 fully saturated rings. The summed E-state index contributed by atoms with van der Waals surface area (Å²) >= 11 is 6.20. The molecular weight excluding hydrogens is 655 g/mol. The molecule has 0 radical (unpaired) electrons. The van der Waals surface area contributed by atoms with E-state index in [9.17, 15) is 36.3 Å². The lowest BCUT2D eigenvalue weighted by molar-refractivity contribution is -0.190. The Morgan fingerprint density at radius 3 is 2.59 bits per heavy atom. The standard InChI is InChI=1S/C28H33ClF3N7O6S/c1-26(2)14-18(16-38(26)25(41)42)4-3-11-37-17-19(15-33-37)46(43,44)36-24(40)20-5-6-21(34-23(20)29)39-12-7-22(35-39)45-13-10-27(8-9-27)28(30,31)32/h5-7,12,15,17-18H,3-4,8-11,13-14,16H2,1-2H3,(H,36,40)(H,41,42). The van der Waals surface area contributed by atoms with Crippen LogP contribution in [0.5, 0.6) is 5.88 Å². The number of aromatic nitrogens is 5. The molecule has 0 aromatic carbocycles. The Kier molecular flexibility index (Phi) is 9.02. The monoisotopic (exact) mass is 687 g/mol. The first-order valence-electron chi connectivity index (χ1n) is 14.5. The van der Waals surface area contributed by atoms with Gasteiger partial charge in [-0.2, -0.15) is 18.3 Å². The molecule has 13 nitrogen and oxygen atoms in total. The van der Waals surface area contributed by atoms with E-state index in [2.05, 4.69) is 15.2 Å². The van der Waals surface area contributed by atoms with Crippen LogP contribution in [-0.2, 0) is 16.6 Å². The summed E-state index contributed by atoms with van der Waals surface area (Å²) in [5.74, 6) is -0.598. The van der Waals surface area contributed by atoms with Gasteiger partial charge < -0.3 is 14.7 Å². The van der Waals surface area contributed by atoms with Crippen molar-refractivity contribution in [2.75, 3.05) is 13.2 Å². The van der Waals surface area contributed by atoms with Crippen molar-refractivity contribution < 1.29 is 41.0 Å². The molecule has 18 heteroatoms. The number of pyridine rings is 1.